The molecule has 11 heavy (non-hydrogen) atoms. The molecule has 2 aromatic rings. The fourth-order valence-electron chi connectivity index (χ4n) is 0.872. The van der Waals surface area contributed by atoms with Crippen LogP contribution >= 0.6 is 0 Å². The summed E-state index contributed by atoms with van der Waals surface area (Å²) >= 11 is 0. The van der Waals surface area contributed by atoms with Crippen LogP contribution in [0.1, 0.15) is 0 Å². The van der Waals surface area contributed by atoms with Crippen LogP contribution in [-0.4, -0.2) is 9.97 Å². The Morgan fingerprint density at radius 1 is 0.909 bits per heavy atom. The van der Waals surface area contributed by atoms with Crippen molar-refractivity contribution in [2.75, 3.05) is 0 Å². The second kappa shape index (κ2) is 3.89. The topological polar surface area (TPSA) is 31.6 Å². The van der Waals surface area contributed by atoms with Crippen molar-refractivity contribution in [2.45, 2.75) is 0 Å². The van der Waals surface area contributed by atoms with Crippen molar-refractivity contribution in [3.63, 3.8) is 0 Å². The van der Waals surface area contributed by atoms with Gasteiger partial charge in [0, 0.05) is 32.7 Å². The number of rotatable bonds is 1. The summed E-state index contributed by atoms with van der Waals surface area (Å²) in [7, 11) is 0. The van der Waals surface area contributed by atoms with Gasteiger partial charge < -0.3 is 9.97 Å². The zero-order valence-electron chi connectivity index (χ0n) is 5.89. The van der Waals surface area contributed by atoms with Crippen molar-refractivity contribution in [1.29, 1.82) is 0 Å². The Hall–Kier alpha value is -0.336. The molecule has 0 saturated carbocycles. The minimum absolute atomic E-state index is 0. The Labute approximate surface area is 90.3 Å². The van der Waals surface area contributed by atoms with Gasteiger partial charge in [0.15, 0.2) is 0 Å². The van der Waals surface area contributed by atoms with Crippen molar-refractivity contribution in [1.82, 2.24) is 9.97 Å². The smallest absolute Gasteiger partial charge is 0 e. The third kappa shape index (κ3) is 1.82. The van der Waals surface area contributed by atoms with E-state index in [1.807, 2.05) is 24.5 Å². The van der Waals surface area contributed by atoms with Crippen LogP contribution in [0.2, 0.25) is 0 Å². The number of hydrogen-bond donors (Lipinski definition) is 2. The monoisotopic (exact) mass is 219 g/mol. The molecule has 3 heteroatoms. The molecule has 53 valence electrons. The Bertz CT molecular complexity index is 252. The molecule has 1 radical (unpaired) electrons. The first-order chi connectivity index (χ1) is 4.97. The quantitative estimate of drug-likeness (QED) is 0.683. The van der Waals surface area contributed by atoms with E-state index in [0.29, 0.717) is 0 Å². The van der Waals surface area contributed by atoms with Gasteiger partial charge in [0.05, 0.1) is 0 Å². The normalized spacial score (nSPS) is 9.09. The number of hydrogen-bond acceptors (Lipinski definition) is 0. The Kier molecular flexibility index (Phi) is 3.09. The van der Waals surface area contributed by atoms with Gasteiger partial charge >= 0.3 is 0 Å². The van der Waals surface area contributed by atoms with Crippen LogP contribution in [0.15, 0.2) is 24.5 Å². The summed E-state index contributed by atoms with van der Waals surface area (Å²) in [6, 6.07) is 9.72. The van der Waals surface area contributed by atoms with Crippen LogP contribution in [0.4, 0.5) is 0 Å². The van der Waals surface area contributed by atoms with E-state index < -0.39 is 0 Å². The largest absolute Gasteiger partial charge is 0.486 e. The van der Waals surface area contributed by atoms with Crippen LogP contribution in [0.3, 0.4) is 0 Å². The summed E-state index contributed by atoms with van der Waals surface area (Å²) in [5.74, 6) is 0. The summed E-state index contributed by atoms with van der Waals surface area (Å²) in [5.41, 5.74) is 1.90. The van der Waals surface area contributed by atoms with E-state index in [4.69, 9.17) is 0 Å². The minimum Gasteiger partial charge on any atom is -0.486 e. The van der Waals surface area contributed by atoms with Crippen LogP contribution in [0.25, 0.3) is 11.4 Å². The van der Waals surface area contributed by atoms with Crippen LogP contribution in [0.5, 0.6) is 0 Å². The summed E-state index contributed by atoms with van der Waals surface area (Å²) in [4.78, 5) is 6.04. The van der Waals surface area contributed by atoms with Crippen LogP contribution in [-0.2, 0) is 32.7 Å². The van der Waals surface area contributed by atoms with E-state index in [1.54, 1.807) is 0 Å². The third-order valence-electron chi connectivity index (χ3n) is 1.33. The molecular formula is C8H6N2Y-2. The van der Waals surface area contributed by atoms with E-state index >= 15 is 0 Å². The molecule has 0 amide bonds. The molecule has 0 atom stereocenters. The van der Waals surface area contributed by atoms with E-state index in [-0.39, 0.29) is 32.7 Å². The zero-order valence-corrected chi connectivity index (χ0v) is 8.73. The molecule has 0 unspecified atom stereocenters. The first-order valence-electron chi connectivity index (χ1n) is 3.07. The maximum atomic E-state index is 3.02. The Balaban J connectivity index is 0.000000605. The molecule has 0 saturated heterocycles. The van der Waals surface area contributed by atoms with E-state index in [2.05, 4.69) is 22.1 Å². The summed E-state index contributed by atoms with van der Waals surface area (Å²) in [5, 5.41) is 0. The second-order valence-electron chi connectivity index (χ2n) is 1.99. The first-order valence-corrected chi connectivity index (χ1v) is 3.07. The SMILES string of the molecule is [Y].[c-]1cc[nH]c1-c1[c-]cc[nH]1. The van der Waals surface area contributed by atoms with Gasteiger partial charge in [0.2, 0.25) is 0 Å². The van der Waals surface area contributed by atoms with Crippen molar-refractivity contribution in [3.05, 3.63) is 36.7 Å². The predicted octanol–water partition coefficient (Wildman–Crippen LogP) is 1.61. The molecule has 0 aliphatic carbocycles. The summed E-state index contributed by atoms with van der Waals surface area (Å²) in [6.07, 6.45) is 3.67. The minimum atomic E-state index is 0. The van der Waals surface area contributed by atoms with Gasteiger partial charge in [-0.1, -0.05) is 0 Å². The molecule has 0 fully saturated rings. The van der Waals surface area contributed by atoms with Gasteiger partial charge in [-0.05, 0) is 0 Å². The molecule has 0 aliphatic heterocycles. The molecule has 2 aromatic heterocycles. The predicted molar refractivity (Wildman–Crippen MR) is 38.3 cm³/mol. The first kappa shape index (κ1) is 8.76. The van der Waals surface area contributed by atoms with E-state index in [9.17, 15) is 0 Å². The number of aromatic nitrogens is 2. The Morgan fingerprint density at radius 2 is 1.36 bits per heavy atom. The standard InChI is InChI=1S/C8H6N2.Y/c1-3-7(9-5-1)8-4-2-6-10-8;/h1-2,5-6,9-10H;/q-2;. The maximum Gasteiger partial charge on any atom is 0 e. The van der Waals surface area contributed by atoms with Crippen molar-refractivity contribution in [3.8, 4) is 11.4 Å². The summed E-state index contributed by atoms with van der Waals surface area (Å²) in [6.45, 7) is 0. The van der Waals surface area contributed by atoms with Gasteiger partial charge in [-0.15, -0.1) is 12.4 Å². The van der Waals surface area contributed by atoms with Gasteiger partial charge in [0.25, 0.3) is 0 Å². The Morgan fingerprint density at radius 3 is 1.64 bits per heavy atom. The molecule has 2 nitrogen and oxygen atoms in total. The molecule has 2 heterocycles. The molecular weight excluding hydrogens is 213 g/mol. The zero-order chi connectivity index (χ0) is 6.81. The molecule has 2 rings (SSSR count). The van der Waals surface area contributed by atoms with Crippen LogP contribution < -0.4 is 0 Å². The van der Waals surface area contributed by atoms with Gasteiger partial charge in [0.1, 0.15) is 0 Å². The number of H-pyrrole nitrogens is 2. The molecule has 0 aromatic carbocycles. The van der Waals surface area contributed by atoms with E-state index in [1.165, 1.54) is 0 Å². The fourth-order valence-corrected chi connectivity index (χ4v) is 0.872. The van der Waals surface area contributed by atoms with Crippen molar-refractivity contribution < 1.29 is 32.7 Å². The van der Waals surface area contributed by atoms with Gasteiger partial charge in [-0.2, -0.15) is 23.5 Å². The van der Waals surface area contributed by atoms with Crippen molar-refractivity contribution >= 4 is 0 Å². The molecule has 0 aliphatic rings. The molecule has 0 bridgehead atoms. The summed E-state index contributed by atoms with van der Waals surface area (Å²) < 4.78 is 0. The molecule has 0 spiro atoms. The van der Waals surface area contributed by atoms with Crippen molar-refractivity contribution in [2.24, 2.45) is 0 Å². The average Bonchev–Trinajstić information content (AvgIpc) is 2.59. The average molecular weight is 219 g/mol. The van der Waals surface area contributed by atoms with Gasteiger partial charge in [-0.25, -0.2) is 12.1 Å². The fraction of sp³-hybridized carbons (Fsp3) is 0. The maximum absolute atomic E-state index is 3.02. The molecule has 2 N–H and O–H groups in total. The number of nitrogens with one attached hydrogen (secondary N) is 2. The van der Waals surface area contributed by atoms with E-state index in [0.717, 1.165) is 11.4 Å². The second-order valence-corrected chi connectivity index (χ2v) is 1.99. The third-order valence-corrected chi connectivity index (χ3v) is 1.33. The van der Waals surface area contributed by atoms with Gasteiger partial charge in [-0.3, -0.25) is 0 Å². The number of aromatic amines is 2. The van der Waals surface area contributed by atoms with Crippen LogP contribution in [0, 0.1) is 12.1 Å².